The molecule has 1 saturated heterocycles. The zero-order chi connectivity index (χ0) is 14.8. The summed E-state index contributed by atoms with van der Waals surface area (Å²) in [5.74, 6) is 0.188. The molecule has 1 amide bonds. The van der Waals surface area contributed by atoms with Crippen LogP contribution >= 0.6 is 0 Å². The van der Waals surface area contributed by atoms with Gasteiger partial charge in [-0.2, -0.15) is 0 Å². The van der Waals surface area contributed by atoms with Crippen molar-refractivity contribution in [1.82, 2.24) is 4.90 Å². The predicted octanol–water partition coefficient (Wildman–Crippen LogP) is 3.02. The van der Waals surface area contributed by atoms with E-state index >= 15 is 0 Å². The Morgan fingerprint density at radius 3 is 2.52 bits per heavy atom. The lowest BCUT2D eigenvalue weighted by molar-refractivity contribution is -0.142. The number of hydrogen-bond donors (Lipinski definition) is 0. The molecular weight excluding hydrogens is 262 g/mol. The number of amides is 1. The largest absolute Gasteiger partial charge is 0.372 e. The van der Waals surface area contributed by atoms with E-state index < -0.39 is 0 Å². The van der Waals surface area contributed by atoms with E-state index in [-0.39, 0.29) is 18.1 Å². The van der Waals surface area contributed by atoms with Gasteiger partial charge in [0.15, 0.2) is 0 Å². The third-order valence-corrected chi connectivity index (χ3v) is 3.99. The number of benzene rings is 2. The quantitative estimate of drug-likeness (QED) is 0.848. The maximum atomic E-state index is 12.6. The number of carbonyl (C=O) groups is 1. The van der Waals surface area contributed by atoms with E-state index in [1.807, 2.05) is 43.0 Å². The van der Waals surface area contributed by atoms with Crippen molar-refractivity contribution in [1.29, 1.82) is 0 Å². The van der Waals surface area contributed by atoms with E-state index in [9.17, 15) is 4.79 Å². The molecule has 2 aromatic rings. The van der Waals surface area contributed by atoms with Gasteiger partial charge in [0.1, 0.15) is 0 Å². The lowest BCUT2D eigenvalue weighted by Crippen LogP contribution is -2.48. The van der Waals surface area contributed by atoms with Crippen LogP contribution in [0.25, 0.3) is 10.8 Å². The first-order chi connectivity index (χ1) is 10.1. The summed E-state index contributed by atoms with van der Waals surface area (Å²) < 4.78 is 5.69. The highest BCUT2D eigenvalue weighted by molar-refractivity contribution is 5.90. The maximum absolute atomic E-state index is 12.6. The third-order valence-electron chi connectivity index (χ3n) is 3.99. The Morgan fingerprint density at radius 1 is 1.10 bits per heavy atom. The molecule has 0 aromatic heterocycles. The summed E-state index contributed by atoms with van der Waals surface area (Å²) in [5, 5.41) is 2.36. The van der Waals surface area contributed by atoms with E-state index in [4.69, 9.17) is 4.74 Å². The Kier molecular flexibility index (Phi) is 3.93. The molecule has 1 fully saturated rings. The Morgan fingerprint density at radius 2 is 1.76 bits per heavy atom. The number of hydrogen-bond acceptors (Lipinski definition) is 2. The Bertz CT molecular complexity index is 637. The van der Waals surface area contributed by atoms with Crippen molar-refractivity contribution in [3.8, 4) is 0 Å². The molecule has 1 aliphatic heterocycles. The first-order valence-electron chi connectivity index (χ1n) is 7.53. The zero-order valence-electron chi connectivity index (χ0n) is 12.6. The minimum Gasteiger partial charge on any atom is -0.372 e. The van der Waals surface area contributed by atoms with Crippen LogP contribution in [-0.4, -0.2) is 36.1 Å². The molecule has 3 nitrogen and oxygen atoms in total. The van der Waals surface area contributed by atoms with Crippen LogP contribution in [-0.2, 0) is 16.0 Å². The molecule has 0 unspecified atom stereocenters. The van der Waals surface area contributed by atoms with E-state index in [1.165, 1.54) is 10.8 Å². The Labute approximate surface area is 125 Å². The van der Waals surface area contributed by atoms with Crippen LogP contribution in [0.3, 0.4) is 0 Å². The fraction of sp³-hybridized carbons (Fsp3) is 0.389. The van der Waals surface area contributed by atoms with Crippen LogP contribution < -0.4 is 0 Å². The number of ether oxygens (including phenoxy) is 1. The van der Waals surface area contributed by atoms with Crippen LogP contribution in [0.2, 0.25) is 0 Å². The summed E-state index contributed by atoms with van der Waals surface area (Å²) in [6.07, 6.45) is 0.691. The zero-order valence-corrected chi connectivity index (χ0v) is 12.6. The summed E-state index contributed by atoms with van der Waals surface area (Å²) in [6, 6.07) is 14.4. The molecule has 1 aliphatic rings. The van der Waals surface area contributed by atoms with Gasteiger partial charge >= 0.3 is 0 Å². The number of morpholine rings is 1. The second-order valence-corrected chi connectivity index (χ2v) is 5.87. The molecule has 0 spiro atoms. The van der Waals surface area contributed by atoms with Gasteiger partial charge in [0.2, 0.25) is 5.91 Å². The van der Waals surface area contributed by atoms with Crippen molar-refractivity contribution in [3.63, 3.8) is 0 Å². The molecule has 0 aliphatic carbocycles. The molecule has 3 rings (SSSR count). The van der Waals surface area contributed by atoms with Gasteiger partial charge in [0.05, 0.1) is 18.6 Å². The Hall–Kier alpha value is -1.87. The summed E-state index contributed by atoms with van der Waals surface area (Å²) in [4.78, 5) is 14.5. The molecule has 2 aromatic carbocycles. The highest BCUT2D eigenvalue weighted by Crippen LogP contribution is 2.20. The highest BCUT2D eigenvalue weighted by atomic mass is 16.5. The summed E-state index contributed by atoms with van der Waals surface area (Å²) in [5.41, 5.74) is 1.10. The molecular formula is C18H21NO2. The number of fused-ring (bicyclic) bond motifs is 1. The van der Waals surface area contributed by atoms with Gasteiger partial charge in [0, 0.05) is 13.1 Å². The van der Waals surface area contributed by atoms with E-state index in [0.717, 1.165) is 5.56 Å². The van der Waals surface area contributed by atoms with Gasteiger partial charge in [0.25, 0.3) is 0 Å². The van der Waals surface area contributed by atoms with Crippen molar-refractivity contribution in [2.75, 3.05) is 13.1 Å². The van der Waals surface area contributed by atoms with Crippen LogP contribution in [0.5, 0.6) is 0 Å². The SMILES string of the molecule is C[C@H]1CN(C(=O)Cc2cccc3ccccc23)C[C@H](C)O1. The fourth-order valence-corrected chi connectivity index (χ4v) is 3.10. The average Bonchev–Trinajstić information content (AvgIpc) is 2.46. The standard InChI is InChI=1S/C18H21NO2/c1-13-11-19(12-14(2)21-13)18(20)10-16-8-5-7-15-6-3-4-9-17(15)16/h3-9,13-14H,10-12H2,1-2H3/t13-,14-/m0/s1. The molecule has 110 valence electrons. The summed E-state index contributed by atoms with van der Waals surface area (Å²) >= 11 is 0. The molecule has 0 saturated carbocycles. The fourth-order valence-electron chi connectivity index (χ4n) is 3.10. The van der Waals surface area contributed by atoms with Gasteiger partial charge in [-0.25, -0.2) is 0 Å². The highest BCUT2D eigenvalue weighted by Gasteiger charge is 2.25. The molecule has 2 atom stereocenters. The monoisotopic (exact) mass is 283 g/mol. The van der Waals surface area contributed by atoms with Crippen molar-refractivity contribution in [2.45, 2.75) is 32.5 Å². The van der Waals surface area contributed by atoms with Crippen molar-refractivity contribution >= 4 is 16.7 Å². The lowest BCUT2D eigenvalue weighted by atomic mass is 10.0. The van der Waals surface area contributed by atoms with Crippen LogP contribution in [0, 0.1) is 0 Å². The molecule has 0 radical (unpaired) electrons. The van der Waals surface area contributed by atoms with E-state index in [1.54, 1.807) is 0 Å². The first kappa shape index (κ1) is 14.1. The van der Waals surface area contributed by atoms with Gasteiger partial charge in [-0.15, -0.1) is 0 Å². The van der Waals surface area contributed by atoms with Crippen molar-refractivity contribution in [2.24, 2.45) is 0 Å². The molecule has 21 heavy (non-hydrogen) atoms. The second kappa shape index (κ2) is 5.86. The lowest BCUT2D eigenvalue weighted by Gasteiger charge is -2.35. The van der Waals surface area contributed by atoms with E-state index in [2.05, 4.69) is 18.2 Å². The normalized spacial score (nSPS) is 22.5. The van der Waals surface area contributed by atoms with Crippen LogP contribution in [0.15, 0.2) is 42.5 Å². The topological polar surface area (TPSA) is 29.5 Å². The van der Waals surface area contributed by atoms with Gasteiger partial charge in [-0.05, 0) is 30.2 Å². The van der Waals surface area contributed by atoms with Crippen molar-refractivity contribution in [3.05, 3.63) is 48.0 Å². The maximum Gasteiger partial charge on any atom is 0.227 e. The minimum atomic E-state index is 0.116. The number of nitrogens with zero attached hydrogens (tertiary/aromatic N) is 1. The second-order valence-electron chi connectivity index (χ2n) is 5.87. The van der Waals surface area contributed by atoms with Gasteiger partial charge in [-0.1, -0.05) is 42.5 Å². The Balaban J connectivity index is 1.80. The van der Waals surface area contributed by atoms with E-state index in [0.29, 0.717) is 19.5 Å². The third kappa shape index (κ3) is 3.08. The minimum absolute atomic E-state index is 0.116. The predicted molar refractivity (Wildman–Crippen MR) is 84.2 cm³/mol. The smallest absolute Gasteiger partial charge is 0.227 e. The molecule has 0 N–H and O–H groups in total. The summed E-state index contributed by atoms with van der Waals surface area (Å²) in [6.45, 7) is 5.42. The van der Waals surface area contributed by atoms with Gasteiger partial charge < -0.3 is 9.64 Å². The van der Waals surface area contributed by atoms with Crippen LogP contribution in [0.4, 0.5) is 0 Å². The summed E-state index contributed by atoms with van der Waals surface area (Å²) in [7, 11) is 0. The van der Waals surface area contributed by atoms with Crippen LogP contribution in [0.1, 0.15) is 19.4 Å². The first-order valence-corrected chi connectivity index (χ1v) is 7.53. The van der Waals surface area contributed by atoms with Gasteiger partial charge in [-0.3, -0.25) is 4.79 Å². The van der Waals surface area contributed by atoms with Crippen molar-refractivity contribution < 1.29 is 9.53 Å². The molecule has 1 heterocycles. The average molecular weight is 283 g/mol. The number of carbonyl (C=O) groups excluding carboxylic acids is 1. The number of rotatable bonds is 2. The molecule has 3 heteroatoms. The molecule has 0 bridgehead atoms.